The lowest BCUT2D eigenvalue weighted by molar-refractivity contribution is 0.151. The van der Waals surface area contributed by atoms with Crippen LogP contribution >= 0.6 is 0 Å². The lowest BCUT2D eigenvalue weighted by atomic mass is 10.1. The number of hydrogen-bond donors (Lipinski definition) is 1. The molecule has 1 atom stereocenters. The van der Waals surface area contributed by atoms with Crippen LogP contribution in [0, 0.1) is 6.92 Å². The van der Waals surface area contributed by atoms with Gasteiger partial charge in [-0.3, -0.25) is 4.68 Å². The summed E-state index contributed by atoms with van der Waals surface area (Å²) in [5.74, 6) is 0. The van der Waals surface area contributed by atoms with Gasteiger partial charge < -0.3 is 5.11 Å². The SMILES string of the molecule is CCCC(O)CCCc1cc(C)nn1C. The fourth-order valence-electron chi connectivity index (χ4n) is 1.89. The van der Waals surface area contributed by atoms with Crippen LogP contribution in [0.15, 0.2) is 6.07 Å². The fraction of sp³-hybridized carbons (Fsp3) is 0.750. The second-order valence-corrected chi connectivity index (χ2v) is 4.24. The van der Waals surface area contributed by atoms with E-state index in [1.54, 1.807) is 0 Å². The largest absolute Gasteiger partial charge is 0.393 e. The Morgan fingerprint density at radius 1 is 1.47 bits per heavy atom. The molecule has 0 aliphatic rings. The smallest absolute Gasteiger partial charge is 0.0596 e. The molecule has 1 heterocycles. The minimum absolute atomic E-state index is 0.121. The van der Waals surface area contributed by atoms with Crippen molar-refractivity contribution in [1.82, 2.24) is 9.78 Å². The summed E-state index contributed by atoms with van der Waals surface area (Å²) in [5, 5.41) is 13.9. The summed E-state index contributed by atoms with van der Waals surface area (Å²) < 4.78 is 1.93. The van der Waals surface area contributed by atoms with Gasteiger partial charge in [0.15, 0.2) is 0 Å². The summed E-state index contributed by atoms with van der Waals surface area (Å²) in [4.78, 5) is 0. The van der Waals surface area contributed by atoms with Crippen molar-refractivity contribution in [1.29, 1.82) is 0 Å². The molecule has 1 N–H and O–H groups in total. The number of rotatable bonds is 6. The molecular formula is C12H22N2O. The quantitative estimate of drug-likeness (QED) is 0.781. The van der Waals surface area contributed by atoms with Crippen LogP contribution in [0.4, 0.5) is 0 Å². The van der Waals surface area contributed by atoms with E-state index in [0.717, 1.165) is 37.8 Å². The first kappa shape index (κ1) is 12.2. The van der Waals surface area contributed by atoms with Gasteiger partial charge in [-0.25, -0.2) is 0 Å². The highest BCUT2D eigenvalue weighted by molar-refractivity contribution is 5.08. The van der Waals surface area contributed by atoms with E-state index in [4.69, 9.17) is 0 Å². The molecule has 0 bridgehead atoms. The van der Waals surface area contributed by atoms with E-state index in [2.05, 4.69) is 18.1 Å². The van der Waals surface area contributed by atoms with Gasteiger partial charge in [0, 0.05) is 12.7 Å². The lowest BCUT2D eigenvalue weighted by Crippen LogP contribution is -2.07. The van der Waals surface area contributed by atoms with Gasteiger partial charge in [0.25, 0.3) is 0 Å². The molecule has 0 aliphatic heterocycles. The van der Waals surface area contributed by atoms with Gasteiger partial charge in [0.05, 0.1) is 11.8 Å². The molecule has 86 valence electrons. The highest BCUT2D eigenvalue weighted by Crippen LogP contribution is 2.10. The molecule has 0 aliphatic carbocycles. The molecule has 0 saturated heterocycles. The molecule has 0 aromatic carbocycles. The summed E-state index contributed by atoms with van der Waals surface area (Å²) in [6.07, 6.45) is 4.82. The third kappa shape index (κ3) is 4.04. The molecule has 1 aromatic heterocycles. The molecule has 0 spiro atoms. The van der Waals surface area contributed by atoms with Crippen LogP contribution in [0.25, 0.3) is 0 Å². The van der Waals surface area contributed by atoms with Gasteiger partial charge in [0.2, 0.25) is 0 Å². The normalized spacial score (nSPS) is 13.1. The summed E-state index contributed by atoms with van der Waals surface area (Å²) >= 11 is 0. The predicted molar refractivity (Wildman–Crippen MR) is 61.8 cm³/mol. The van der Waals surface area contributed by atoms with E-state index in [1.807, 2.05) is 18.7 Å². The van der Waals surface area contributed by atoms with Gasteiger partial charge in [0.1, 0.15) is 0 Å². The first-order valence-corrected chi connectivity index (χ1v) is 5.81. The average molecular weight is 210 g/mol. The van der Waals surface area contributed by atoms with E-state index in [9.17, 15) is 5.11 Å². The standard InChI is InChI=1S/C12H22N2O/c1-4-6-12(15)8-5-7-11-9-10(2)13-14(11)3/h9,12,15H,4-8H2,1-3H3. The molecule has 3 nitrogen and oxygen atoms in total. The van der Waals surface area contributed by atoms with Crippen LogP contribution < -0.4 is 0 Å². The molecule has 0 amide bonds. The summed E-state index contributed by atoms with van der Waals surface area (Å²) in [5.41, 5.74) is 2.33. The second-order valence-electron chi connectivity index (χ2n) is 4.24. The zero-order valence-corrected chi connectivity index (χ0v) is 10.0. The molecular weight excluding hydrogens is 188 g/mol. The maximum Gasteiger partial charge on any atom is 0.0596 e. The highest BCUT2D eigenvalue weighted by atomic mass is 16.3. The van der Waals surface area contributed by atoms with Crippen molar-refractivity contribution < 1.29 is 5.11 Å². The number of aromatic nitrogens is 2. The molecule has 1 rings (SSSR count). The highest BCUT2D eigenvalue weighted by Gasteiger charge is 2.05. The van der Waals surface area contributed by atoms with Crippen molar-refractivity contribution in [3.8, 4) is 0 Å². The van der Waals surface area contributed by atoms with Gasteiger partial charge in [-0.05, 0) is 38.7 Å². The monoisotopic (exact) mass is 210 g/mol. The van der Waals surface area contributed by atoms with Crippen molar-refractivity contribution in [3.05, 3.63) is 17.5 Å². The van der Waals surface area contributed by atoms with Crippen LogP contribution in [0.5, 0.6) is 0 Å². The van der Waals surface area contributed by atoms with Crippen molar-refractivity contribution in [2.24, 2.45) is 7.05 Å². The first-order valence-electron chi connectivity index (χ1n) is 5.81. The van der Waals surface area contributed by atoms with E-state index in [1.165, 1.54) is 5.69 Å². The van der Waals surface area contributed by atoms with Gasteiger partial charge in [-0.15, -0.1) is 0 Å². The molecule has 3 heteroatoms. The molecule has 1 unspecified atom stereocenters. The van der Waals surface area contributed by atoms with Gasteiger partial charge in [-0.2, -0.15) is 5.10 Å². The van der Waals surface area contributed by atoms with E-state index in [0.29, 0.717) is 0 Å². The van der Waals surface area contributed by atoms with Gasteiger partial charge >= 0.3 is 0 Å². The Morgan fingerprint density at radius 2 is 2.20 bits per heavy atom. The lowest BCUT2D eigenvalue weighted by Gasteiger charge is -2.08. The molecule has 0 radical (unpaired) electrons. The van der Waals surface area contributed by atoms with Crippen LogP contribution in [-0.4, -0.2) is 21.0 Å². The fourth-order valence-corrected chi connectivity index (χ4v) is 1.89. The number of nitrogens with zero attached hydrogens (tertiary/aromatic N) is 2. The van der Waals surface area contributed by atoms with Crippen LogP contribution in [-0.2, 0) is 13.5 Å². The summed E-state index contributed by atoms with van der Waals surface area (Å²) in [6.45, 7) is 4.11. The molecule has 0 saturated carbocycles. The number of hydrogen-bond acceptors (Lipinski definition) is 2. The van der Waals surface area contributed by atoms with Crippen molar-refractivity contribution in [2.45, 2.75) is 52.1 Å². The summed E-state index contributed by atoms with van der Waals surface area (Å²) in [6, 6.07) is 2.12. The van der Waals surface area contributed by atoms with E-state index >= 15 is 0 Å². The Labute approximate surface area is 92.1 Å². The third-order valence-electron chi connectivity index (χ3n) is 2.69. The van der Waals surface area contributed by atoms with Gasteiger partial charge in [-0.1, -0.05) is 13.3 Å². The Hall–Kier alpha value is -0.830. The van der Waals surface area contributed by atoms with Crippen LogP contribution in [0.3, 0.4) is 0 Å². The first-order chi connectivity index (χ1) is 7.13. The van der Waals surface area contributed by atoms with Crippen molar-refractivity contribution in [2.75, 3.05) is 0 Å². The van der Waals surface area contributed by atoms with Crippen molar-refractivity contribution >= 4 is 0 Å². The van der Waals surface area contributed by atoms with E-state index in [-0.39, 0.29) is 6.10 Å². The molecule has 0 fully saturated rings. The molecule has 15 heavy (non-hydrogen) atoms. The number of aliphatic hydroxyl groups excluding tert-OH is 1. The number of aryl methyl sites for hydroxylation is 3. The van der Waals surface area contributed by atoms with Crippen LogP contribution in [0.1, 0.15) is 44.0 Å². The molecule has 1 aromatic rings. The third-order valence-corrected chi connectivity index (χ3v) is 2.69. The average Bonchev–Trinajstić information content (AvgIpc) is 2.46. The predicted octanol–water partition coefficient (Wildman–Crippen LogP) is 2.21. The maximum absolute atomic E-state index is 9.58. The zero-order chi connectivity index (χ0) is 11.3. The van der Waals surface area contributed by atoms with Crippen molar-refractivity contribution in [3.63, 3.8) is 0 Å². The Kier molecular flexibility index (Phi) is 4.82. The minimum atomic E-state index is -0.121. The maximum atomic E-state index is 9.58. The van der Waals surface area contributed by atoms with Crippen LogP contribution in [0.2, 0.25) is 0 Å². The topological polar surface area (TPSA) is 38.1 Å². The Balaban J connectivity index is 2.28. The summed E-state index contributed by atoms with van der Waals surface area (Å²) in [7, 11) is 1.98. The second kappa shape index (κ2) is 5.91. The Bertz CT molecular complexity index is 294. The number of aliphatic hydroxyl groups is 1. The van der Waals surface area contributed by atoms with E-state index < -0.39 is 0 Å². The zero-order valence-electron chi connectivity index (χ0n) is 10.0. The minimum Gasteiger partial charge on any atom is -0.393 e. The Morgan fingerprint density at radius 3 is 2.73 bits per heavy atom.